The molecule has 7 atom stereocenters. The van der Waals surface area contributed by atoms with E-state index < -0.39 is 47.8 Å². The number of fused-ring (bicyclic) bond motifs is 1. The summed E-state index contributed by atoms with van der Waals surface area (Å²) in [6.07, 6.45) is 3.27. The summed E-state index contributed by atoms with van der Waals surface area (Å²) in [5, 5.41) is 23.4. The van der Waals surface area contributed by atoms with Gasteiger partial charge in [0.2, 0.25) is 0 Å². The van der Waals surface area contributed by atoms with E-state index in [1.54, 1.807) is 26.8 Å². The molecule has 4 rings (SSSR count). The third-order valence-electron chi connectivity index (χ3n) is 9.02. The number of hydrogen-bond acceptors (Lipinski definition) is 9. The first-order valence-corrected chi connectivity index (χ1v) is 13.2. The predicted molar refractivity (Wildman–Crippen MR) is 131 cm³/mol. The number of rotatable bonds is 6. The minimum Gasteiger partial charge on any atom is -0.458 e. The van der Waals surface area contributed by atoms with Gasteiger partial charge in [0.1, 0.15) is 18.8 Å². The molecule has 2 saturated carbocycles. The Morgan fingerprint density at radius 3 is 2.54 bits per heavy atom. The lowest BCUT2D eigenvalue weighted by Crippen LogP contribution is -2.60. The zero-order valence-corrected chi connectivity index (χ0v) is 22.5. The van der Waals surface area contributed by atoms with Crippen molar-refractivity contribution in [3.8, 4) is 0 Å². The summed E-state index contributed by atoms with van der Waals surface area (Å²) in [6.45, 7) is 9.43. The molecule has 0 radical (unpaired) electrons. The number of nitrogens with one attached hydrogen (secondary N) is 1. The third kappa shape index (κ3) is 5.38. The van der Waals surface area contributed by atoms with Crippen LogP contribution in [0, 0.1) is 22.7 Å². The van der Waals surface area contributed by atoms with Gasteiger partial charge in [0.25, 0.3) is 0 Å². The lowest BCUT2D eigenvalue weighted by Gasteiger charge is -2.60. The van der Waals surface area contributed by atoms with Crippen LogP contribution < -0.4 is 5.32 Å². The number of hydrogen-bond donors (Lipinski definition) is 3. The Morgan fingerprint density at radius 2 is 1.92 bits per heavy atom. The van der Waals surface area contributed by atoms with Gasteiger partial charge in [-0.2, -0.15) is 0 Å². The number of amides is 1. The number of carbonyl (C=O) groups excluding carboxylic acids is 3. The number of ether oxygens (including phenoxy) is 4. The molecule has 0 aromatic heterocycles. The fourth-order valence-electron chi connectivity index (χ4n) is 6.99. The average Bonchev–Trinajstić information content (AvgIpc) is 3.50. The standard InChI is InChI=1S/C27H41NO9/c1-24(2,3)37-23(33)28-12-21(31)36-17-13-34-22(32)16(17)6-7-19-25(4)10-9-20(30)26(5,14-29)18(25)8-11-27(19)15-35-27/h6,17-20,29-30H,7-15H2,1-5H3,(H,28,33)/t17-,18?,19?,20-,25+,26+,27+/m1/s1. The summed E-state index contributed by atoms with van der Waals surface area (Å²) >= 11 is 0. The molecule has 1 spiro atoms. The molecule has 3 N–H and O–H groups in total. The van der Waals surface area contributed by atoms with Crippen molar-refractivity contribution in [1.29, 1.82) is 0 Å². The summed E-state index contributed by atoms with van der Waals surface area (Å²) in [7, 11) is 0. The lowest BCUT2D eigenvalue weighted by molar-refractivity contribution is -0.175. The van der Waals surface area contributed by atoms with Gasteiger partial charge >= 0.3 is 18.0 Å². The van der Waals surface area contributed by atoms with Crippen LogP contribution in [0.5, 0.6) is 0 Å². The predicted octanol–water partition coefficient (Wildman–Crippen LogP) is 2.25. The van der Waals surface area contributed by atoms with E-state index in [2.05, 4.69) is 12.2 Å². The van der Waals surface area contributed by atoms with Crippen molar-refractivity contribution in [2.24, 2.45) is 22.7 Å². The molecule has 208 valence electrons. The Bertz CT molecular complexity index is 952. The fraction of sp³-hybridized carbons (Fsp3) is 0.815. The summed E-state index contributed by atoms with van der Waals surface area (Å²) < 4.78 is 21.8. The van der Waals surface area contributed by atoms with Crippen molar-refractivity contribution in [3.05, 3.63) is 11.6 Å². The molecular weight excluding hydrogens is 482 g/mol. The smallest absolute Gasteiger partial charge is 0.408 e. The molecule has 2 aliphatic carbocycles. The number of carbonyl (C=O) groups is 3. The van der Waals surface area contributed by atoms with E-state index in [1.165, 1.54) is 0 Å². The minimum absolute atomic E-state index is 0.0724. The number of aliphatic hydroxyl groups is 2. The monoisotopic (exact) mass is 523 g/mol. The topological polar surface area (TPSA) is 144 Å². The highest BCUT2D eigenvalue weighted by Crippen LogP contribution is 2.66. The Balaban J connectivity index is 1.45. The van der Waals surface area contributed by atoms with E-state index >= 15 is 0 Å². The van der Waals surface area contributed by atoms with Crippen molar-refractivity contribution in [2.75, 3.05) is 26.4 Å². The highest BCUT2D eigenvalue weighted by molar-refractivity contribution is 5.92. The fourth-order valence-corrected chi connectivity index (χ4v) is 6.99. The SMILES string of the molecule is CC(C)(C)OC(=O)NCC(=O)O[C@@H]1COC(=O)C1=CCC1[C@]2(CCC3[C@]1(C)CC[C@@H](O)[C@@]3(C)CO)CO2. The molecule has 0 aromatic rings. The van der Waals surface area contributed by atoms with Gasteiger partial charge in [-0.3, -0.25) is 4.79 Å². The highest BCUT2D eigenvalue weighted by atomic mass is 16.6. The Morgan fingerprint density at radius 1 is 1.22 bits per heavy atom. The number of alkyl carbamates (subject to hydrolysis) is 1. The van der Waals surface area contributed by atoms with Crippen LogP contribution >= 0.6 is 0 Å². The van der Waals surface area contributed by atoms with E-state index in [1.807, 2.05) is 6.92 Å². The number of allylic oxidation sites excluding steroid dienone is 1. The molecule has 10 nitrogen and oxygen atoms in total. The Hall–Kier alpha value is -2.17. The molecule has 37 heavy (non-hydrogen) atoms. The second-order valence-corrected chi connectivity index (χ2v) is 12.5. The van der Waals surface area contributed by atoms with Crippen LogP contribution in [-0.4, -0.2) is 78.0 Å². The highest BCUT2D eigenvalue weighted by Gasteiger charge is 2.66. The summed E-state index contributed by atoms with van der Waals surface area (Å²) in [4.78, 5) is 36.7. The zero-order valence-electron chi connectivity index (χ0n) is 22.5. The summed E-state index contributed by atoms with van der Waals surface area (Å²) in [5.41, 5.74) is -1.48. The summed E-state index contributed by atoms with van der Waals surface area (Å²) in [6, 6.07) is 0. The van der Waals surface area contributed by atoms with Crippen LogP contribution in [-0.2, 0) is 28.5 Å². The van der Waals surface area contributed by atoms with Gasteiger partial charge in [0.15, 0.2) is 6.10 Å². The van der Waals surface area contributed by atoms with E-state index in [0.29, 0.717) is 19.4 Å². The Kier molecular flexibility index (Phi) is 7.42. The van der Waals surface area contributed by atoms with Gasteiger partial charge in [0, 0.05) is 5.41 Å². The molecule has 4 fully saturated rings. The molecule has 4 aliphatic rings. The first-order chi connectivity index (χ1) is 17.2. The average molecular weight is 524 g/mol. The maximum Gasteiger partial charge on any atom is 0.408 e. The van der Waals surface area contributed by atoms with Crippen molar-refractivity contribution < 1.29 is 43.5 Å². The molecule has 0 aromatic carbocycles. The van der Waals surface area contributed by atoms with Gasteiger partial charge in [0.05, 0.1) is 30.5 Å². The number of esters is 2. The first-order valence-electron chi connectivity index (χ1n) is 13.2. The molecule has 0 bridgehead atoms. The van der Waals surface area contributed by atoms with E-state index in [9.17, 15) is 24.6 Å². The normalized spacial score (nSPS) is 40.2. The van der Waals surface area contributed by atoms with Crippen molar-refractivity contribution in [2.45, 2.75) is 90.1 Å². The first kappa shape index (κ1) is 27.9. The quantitative estimate of drug-likeness (QED) is 0.207. The van der Waals surface area contributed by atoms with Crippen LogP contribution in [0.2, 0.25) is 0 Å². The molecule has 2 unspecified atom stereocenters. The van der Waals surface area contributed by atoms with Gasteiger partial charge in [-0.05, 0) is 70.1 Å². The van der Waals surface area contributed by atoms with E-state index in [-0.39, 0.29) is 41.6 Å². The van der Waals surface area contributed by atoms with Crippen LogP contribution in [0.25, 0.3) is 0 Å². The van der Waals surface area contributed by atoms with Crippen molar-refractivity contribution in [1.82, 2.24) is 5.32 Å². The van der Waals surface area contributed by atoms with Crippen LogP contribution in [0.15, 0.2) is 11.6 Å². The largest absolute Gasteiger partial charge is 0.458 e. The van der Waals surface area contributed by atoms with E-state index in [0.717, 1.165) is 19.3 Å². The molecule has 2 saturated heterocycles. The van der Waals surface area contributed by atoms with E-state index in [4.69, 9.17) is 18.9 Å². The maximum absolute atomic E-state index is 12.5. The van der Waals surface area contributed by atoms with Crippen molar-refractivity contribution >= 4 is 18.0 Å². The lowest BCUT2D eigenvalue weighted by atomic mass is 9.45. The minimum atomic E-state index is -0.861. The number of aliphatic hydroxyl groups excluding tert-OH is 2. The number of cyclic esters (lactones) is 1. The maximum atomic E-state index is 12.5. The zero-order chi connectivity index (χ0) is 27.2. The van der Waals surface area contributed by atoms with Gasteiger partial charge in [-0.25, -0.2) is 9.59 Å². The number of epoxide rings is 1. The van der Waals surface area contributed by atoms with Crippen molar-refractivity contribution in [3.63, 3.8) is 0 Å². The second-order valence-electron chi connectivity index (χ2n) is 12.5. The van der Waals surface area contributed by atoms with Crippen LogP contribution in [0.3, 0.4) is 0 Å². The van der Waals surface area contributed by atoms with Gasteiger partial charge in [-0.1, -0.05) is 19.9 Å². The molecule has 2 heterocycles. The molecular formula is C27H41NO9. The van der Waals surface area contributed by atoms with Gasteiger partial charge < -0.3 is 34.5 Å². The second kappa shape index (κ2) is 9.85. The molecule has 1 amide bonds. The van der Waals surface area contributed by atoms with Crippen LogP contribution in [0.1, 0.15) is 66.7 Å². The molecule has 2 aliphatic heterocycles. The molecule has 10 heteroatoms. The summed E-state index contributed by atoms with van der Waals surface area (Å²) in [5.74, 6) is -1.05. The Labute approximate surface area is 218 Å². The van der Waals surface area contributed by atoms with Crippen LogP contribution in [0.4, 0.5) is 4.79 Å². The van der Waals surface area contributed by atoms with Gasteiger partial charge in [-0.15, -0.1) is 0 Å². The third-order valence-corrected chi connectivity index (χ3v) is 9.02.